The van der Waals surface area contributed by atoms with Crippen molar-refractivity contribution in [1.29, 1.82) is 0 Å². The van der Waals surface area contributed by atoms with Gasteiger partial charge in [0.2, 0.25) is 0 Å². The number of aliphatic hydroxyl groups is 1. The third-order valence-electron chi connectivity index (χ3n) is 1.83. The fourth-order valence-electron chi connectivity index (χ4n) is 1.07. The first-order valence-electron chi connectivity index (χ1n) is 5.00. The van der Waals surface area contributed by atoms with Crippen molar-refractivity contribution in [2.75, 3.05) is 24.7 Å². The molecule has 1 aromatic rings. The van der Waals surface area contributed by atoms with Gasteiger partial charge in [0.15, 0.2) is 0 Å². The summed E-state index contributed by atoms with van der Waals surface area (Å²) in [6.45, 7) is 0.924. The van der Waals surface area contributed by atoms with Crippen molar-refractivity contribution in [3.8, 4) is 5.75 Å². The maximum absolute atomic E-state index is 8.60. The Labute approximate surface area is 113 Å². The van der Waals surface area contributed by atoms with E-state index in [-0.39, 0.29) is 6.61 Å². The Kier molecular flexibility index (Phi) is 7.28. The lowest BCUT2D eigenvalue weighted by molar-refractivity contribution is 0.296. The second-order valence-corrected chi connectivity index (χ2v) is 5.63. The normalized spacial score (nSPS) is 10.4. The molecule has 0 unspecified atom stereocenters. The molecule has 0 amide bonds. The molecule has 2 nitrogen and oxygen atoms in total. The molecule has 0 atom stereocenters. The van der Waals surface area contributed by atoms with Crippen LogP contribution in [-0.2, 0) is 0 Å². The van der Waals surface area contributed by atoms with Crippen LogP contribution in [0.2, 0.25) is 5.02 Å². The smallest absolute Gasteiger partial charge is 0.133 e. The highest BCUT2D eigenvalue weighted by Gasteiger charge is 2.01. The summed E-state index contributed by atoms with van der Waals surface area (Å²) in [4.78, 5) is 0. The van der Waals surface area contributed by atoms with E-state index in [1.807, 2.05) is 12.1 Å². The lowest BCUT2D eigenvalue weighted by atomic mass is 10.3. The maximum atomic E-state index is 8.60. The van der Waals surface area contributed by atoms with Crippen LogP contribution >= 0.6 is 39.3 Å². The van der Waals surface area contributed by atoms with E-state index >= 15 is 0 Å². The summed E-state index contributed by atoms with van der Waals surface area (Å²) in [5, 5.41) is 9.29. The van der Waals surface area contributed by atoms with Gasteiger partial charge >= 0.3 is 0 Å². The maximum Gasteiger partial charge on any atom is 0.133 e. The molecule has 0 spiro atoms. The van der Waals surface area contributed by atoms with Crippen molar-refractivity contribution in [3.63, 3.8) is 0 Å². The molecule has 1 aromatic carbocycles. The van der Waals surface area contributed by atoms with E-state index in [4.69, 9.17) is 21.4 Å². The zero-order chi connectivity index (χ0) is 11.8. The Morgan fingerprint density at radius 2 is 2.19 bits per heavy atom. The first-order chi connectivity index (χ1) is 7.74. The van der Waals surface area contributed by atoms with Gasteiger partial charge in [0, 0.05) is 17.4 Å². The van der Waals surface area contributed by atoms with Crippen LogP contribution in [0.1, 0.15) is 6.42 Å². The number of ether oxygens (including phenoxy) is 1. The quantitative estimate of drug-likeness (QED) is 0.777. The summed E-state index contributed by atoms with van der Waals surface area (Å²) >= 11 is 11.0. The van der Waals surface area contributed by atoms with Crippen LogP contribution in [0.5, 0.6) is 5.75 Å². The van der Waals surface area contributed by atoms with E-state index < -0.39 is 0 Å². The van der Waals surface area contributed by atoms with E-state index in [9.17, 15) is 0 Å². The molecule has 16 heavy (non-hydrogen) atoms. The molecule has 0 heterocycles. The number of hydrogen-bond acceptors (Lipinski definition) is 3. The standard InChI is InChI=1S/C11H14BrClO2S/c12-10-8-9(13)2-3-11(10)15-5-7-16-6-1-4-14/h2-3,8,14H,1,4-7H2. The predicted molar refractivity (Wildman–Crippen MR) is 73.7 cm³/mol. The number of rotatable bonds is 7. The Morgan fingerprint density at radius 1 is 1.38 bits per heavy atom. The van der Waals surface area contributed by atoms with Crippen LogP contribution in [-0.4, -0.2) is 29.8 Å². The van der Waals surface area contributed by atoms with Crippen LogP contribution in [0.15, 0.2) is 22.7 Å². The van der Waals surface area contributed by atoms with Crippen molar-refractivity contribution < 1.29 is 9.84 Å². The highest BCUT2D eigenvalue weighted by Crippen LogP contribution is 2.27. The Balaban J connectivity index is 2.21. The lowest BCUT2D eigenvalue weighted by Crippen LogP contribution is -2.01. The molecule has 0 aliphatic heterocycles. The summed E-state index contributed by atoms with van der Waals surface area (Å²) in [6.07, 6.45) is 0.843. The largest absolute Gasteiger partial charge is 0.492 e. The highest BCUT2D eigenvalue weighted by molar-refractivity contribution is 9.10. The van der Waals surface area contributed by atoms with Crippen molar-refractivity contribution >= 4 is 39.3 Å². The van der Waals surface area contributed by atoms with Gasteiger partial charge < -0.3 is 9.84 Å². The SMILES string of the molecule is OCCCSCCOc1ccc(Cl)cc1Br. The van der Waals surface area contributed by atoms with E-state index in [1.54, 1.807) is 17.8 Å². The second-order valence-electron chi connectivity index (χ2n) is 3.11. The molecule has 0 saturated carbocycles. The molecule has 1 N–H and O–H groups in total. The summed E-state index contributed by atoms with van der Waals surface area (Å²) < 4.78 is 6.46. The number of thioether (sulfide) groups is 1. The summed E-state index contributed by atoms with van der Waals surface area (Å²) in [6, 6.07) is 5.47. The molecule has 0 aromatic heterocycles. The van der Waals surface area contributed by atoms with Gasteiger partial charge in [0.1, 0.15) is 5.75 Å². The third-order valence-corrected chi connectivity index (χ3v) is 3.71. The van der Waals surface area contributed by atoms with Crippen LogP contribution in [0.4, 0.5) is 0 Å². The second kappa shape index (κ2) is 8.23. The monoisotopic (exact) mass is 324 g/mol. The average molecular weight is 326 g/mol. The zero-order valence-corrected chi connectivity index (χ0v) is 11.9. The molecule has 0 fully saturated rings. The molecule has 0 aliphatic rings. The average Bonchev–Trinajstić information content (AvgIpc) is 2.26. The van der Waals surface area contributed by atoms with E-state index in [0.717, 1.165) is 28.1 Å². The van der Waals surface area contributed by atoms with Crippen molar-refractivity contribution in [2.24, 2.45) is 0 Å². The summed E-state index contributed by atoms with van der Waals surface area (Å²) in [5.41, 5.74) is 0. The van der Waals surface area contributed by atoms with Gasteiger partial charge in [-0.05, 0) is 46.3 Å². The van der Waals surface area contributed by atoms with E-state index in [2.05, 4.69) is 15.9 Å². The fourth-order valence-corrected chi connectivity index (χ4v) is 2.61. The molecule has 0 saturated heterocycles. The van der Waals surface area contributed by atoms with Gasteiger partial charge in [-0.25, -0.2) is 0 Å². The number of hydrogen-bond donors (Lipinski definition) is 1. The van der Waals surface area contributed by atoms with Gasteiger partial charge in [0.05, 0.1) is 11.1 Å². The summed E-state index contributed by atoms with van der Waals surface area (Å²) in [7, 11) is 0. The van der Waals surface area contributed by atoms with Crippen molar-refractivity contribution in [3.05, 3.63) is 27.7 Å². The van der Waals surface area contributed by atoms with Gasteiger partial charge in [-0.1, -0.05) is 11.6 Å². The topological polar surface area (TPSA) is 29.5 Å². The lowest BCUT2D eigenvalue weighted by Gasteiger charge is -2.07. The third kappa shape index (κ3) is 5.43. The molecule has 0 radical (unpaired) electrons. The minimum atomic E-state index is 0.261. The van der Waals surface area contributed by atoms with Crippen LogP contribution < -0.4 is 4.74 Å². The number of aliphatic hydroxyl groups excluding tert-OH is 1. The summed E-state index contributed by atoms with van der Waals surface area (Å²) in [5.74, 6) is 2.71. The van der Waals surface area contributed by atoms with Gasteiger partial charge in [-0.15, -0.1) is 0 Å². The van der Waals surface area contributed by atoms with Crippen LogP contribution in [0, 0.1) is 0 Å². The van der Waals surface area contributed by atoms with Crippen LogP contribution in [0.3, 0.4) is 0 Å². The molecule has 1 rings (SSSR count). The zero-order valence-electron chi connectivity index (χ0n) is 8.79. The molecule has 90 valence electrons. The first-order valence-corrected chi connectivity index (χ1v) is 7.33. The molecular formula is C11H14BrClO2S. The van der Waals surface area contributed by atoms with Gasteiger partial charge in [-0.2, -0.15) is 11.8 Å². The minimum Gasteiger partial charge on any atom is -0.492 e. The number of benzene rings is 1. The number of halogens is 2. The van der Waals surface area contributed by atoms with Gasteiger partial charge in [-0.3, -0.25) is 0 Å². The Morgan fingerprint density at radius 3 is 2.88 bits per heavy atom. The minimum absolute atomic E-state index is 0.261. The van der Waals surface area contributed by atoms with Crippen molar-refractivity contribution in [1.82, 2.24) is 0 Å². The first kappa shape index (κ1) is 14.2. The Hall–Kier alpha value is 0.1000. The van der Waals surface area contributed by atoms with E-state index in [0.29, 0.717) is 11.6 Å². The molecule has 5 heteroatoms. The fraction of sp³-hybridized carbons (Fsp3) is 0.455. The van der Waals surface area contributed by atoms with Gasteiger partial charge in [0.25, 0.3) is 0 Å². The molecular weight excluding hydrogens is 312 g/mol. The molecule has 0 bridgehead atoms. The highest BCUT2D eigenvalue weighted by atomic mass is 79.9. The van der Waals surface area contributed by atoms with E-state index in [1.165, 1.54) is 0 Å². The van der Waals surface area contributed by atoms with Crippen LogP contribution in [0.25, 0.3) is 0 Å². The predicted octanol–water partition coefficient (Wildman–Crippen LogP) is 3.60. The van der Waals surface area contributed by atoms with Crippen molar-refractivity contribution in [2.45, 2.75) is 6.42 Å². The molecule has 0 aliphatic carbocycles. The Bertz CT molecular complexity index is 323.